The van der Waals surface area contributed by atoms with Crippen molar-refractivity contribution in [3.05, 3.63) is 58.1 Å². The Kier molecular flexibility index (Phi) is 6.30. The number of alkyl halides is 3. The third kappa shape index (κ3) is 5.26. The number of carbonyl (C=O) groups excluding carboxylic acids is 1. The molecule has 4 nitrogen and oxygen atoms in total. The number of quaternary nitrogens is 1. The summed E-state index contributed by atoms with van der Waals surface area (Å²) in [5.41, 5.74) is 1.77. The fraction of sp³-hybridized carbons (Fsp3) is 0.350. The van der Waals surface area contributed by atoms with Crippen LogP contribution in [-0.4, -0.2) is 38.6 Å². The van der Waals surface area contributed by atoms with Crippen molar-refractivity contribution in [1.29, 1.82) is 0 Å². The van der Waals surface area contributed by atoms with Crippen LogP contribution in [0.3, 0.4) is 0 Å². The number of nitrogens with zero attached hydrogens (tertiary/aromatic N) is 1. The number of anilines is 2. The molecule has 2 aromatic carbocycles. The van der Waals surface area contributed by atoms with Gasteiger partial charge < -0.3 is 15.1 Å². The number of carbonyl (C=O) groups is 1. The fourth-order valence-corrected chi connectivity index (χ4v) is 3.87. The first-order valence-electron chi connectivity index (χ1n) is 9.04. The Labute approximate surface area is 170 Å². The molecule has 28 heavy (non-hydrogen) atoms. The van der Waals surface area contributed by atoms with Gasteiger partial charge in [-0.05, 0) is 58.7 Å². The monoisotopic (exact) mass is 456 g/mol. The largest absolute Gasteiger partial charge is 0.416 e. The zero-order chi connectivity index (χ0) is 20.3. The molecular formula is C20H22BrF3N3O+. The lowest BCUT2D eigenvalue weighted by molar-refractivity contribution is -0.892. The van der Waals surface area contributed by atoms with E-state index in [-0.39, 0.29) is 5.91 Å². The highest BCUT2D eigenvalue weighted by Crippen LogP contribution is 2.31. The molecule has 0 atom stereocenters. The van der Waals surface area contributed by atoms with Crippen LogP contribution in [-0.2, 0) is 11.0 Å². The van der Waals surface area contributed by atoms with Crippen LogP contribution < -0.4 is 15.1 Å². The molecule has 0 spiro atoms. The Balaban J connectivity index is 1.53. The van der Waals surface area contributed by atoms with Crippen molar-refractivity contribution in [2.75, 3.05) is 42.9 Å². The number of piperazine rings is 1. The van der Waals surface area contributed by atoms with Gasteiger partial charge in [-0.1, -0.05) is 12.1 Å². The van der Waals surface area contributed by atoms with Gasteiger partial charge >= 0.3 is 6.18 Å². The van der Waals surface area contributed by atoms with Crippen LogP contribution in [0.25, 0.3) is 0 Å². The number of rotatable bonds is 4. The number of hydrogen-bond acceptors (Lipinski definition) is 2. The van der Waals surface area contributed by atoms with Crippen molar-refractivity contribution in [3.63, 3.8) is 0 Å². The van der Waals surface area contributed by atoms with Gasteiger partial charge in [-0.2, -0.15) is 13.2 Å². The fourth-order valence-electron chi connectivity index (χ4n) is 3.28. The smallest absolute Gasteiger partial charge is 0.360 e. The number of halogens is 4. The average molecular weight is 457 g/mol. The second-order valence-electron chi connectivity index (χ2n) is 6.99. The minimum Gasteiger partial charge on any atom is -0.360 e. The lowest BCUT2D eigenvalue weighted by atomic mass is 10.1. The molecule has 0 unspecified atom stereocenters. The molecule has 1 amide bonds. The molecule has 1 saturated heterocycles. The summed E-state index contributed by atoms with van der Waals surface area (Å²) in [6.07, 6.45) is -4.34. The molecule has 1 aliphatic heterocycles. The lowest BCUT2D eigenvalue weighted by Gasteiger charge is -2.33. The van der Waals surface area contributed by atoms with Gasteiger partial charge in [0.1, 0.15) is 0 Å². The van der Waals surface area contributed by atoms with Crippen molar-refractivity contribution >= 4 is 33.2 Å². The summed E-state index contributed by atoms with van der Waals surface area (Å²) >= 11 is 3.45. The maximum atomic E-state index is 12.9. The predicted molar refractivity (Wildman–Crippen MR) is 107 cm³/mol. The molecule has 8 heteroatoms. The second-order valence-corrected chi connectivity index (χ2v) is 7.85. The Hall–Kier alpha value is -2.06. The predicted octanol–water partition coefficient (Wildman–Crippen LogP) is 3.12. The third-order valence-corrected chi connectivity index (χ3v) is 5.47. The number of benzene rings is 2. The highest BCUT2D eigenvalue weighted by atomic mass is 79.9. The molecular weight excluding hydrogens is 435 g/mol. The van der Waals surface area contributed by atoms with Gasteiger partial charge in [-0.25, -0.2) is 0 Å². The standard InChI is InChI=1S/C20H21BrF3N3O/c1-14-5-6-18(17(21)11-14)25-19(28)13-26-7-9-27(10-8-26)16-4-2-3-15(12-16)20(22,23)24/h2-6,11-12H,7-10,13H2,1H3,(H,25,28)/p+1. The number of nitrogens with one attached hydrogen (secondary N) is 2. The van der Waals surface area contributed by atoms with Gasteiger partial charge in [0.15, 0.2) is 6.54 Å². The topological polar surface area (TPSA) is 36.8 Å². The summed E-state index contributed by atoms with van der Waals surface area (Å²) < 4.78 is 39.5. The van der Waals surface area contributed by atoms with Crippen molar-refractivity contribution in [2.24, 2.45) is 0 Å². The Morgan fingerprint density at radius 1 is 1.18 bits per heavy atom. The zero-order valence-electron chi connectivity index (χ0n) is 15.4. The van der Waals surface area contributed by atoms with Crippen LogP contribution in [0.15, 0.2) is 46.9 Å². The molecule has 3 rings (SSSR count). The average Bonchev–Trinajstić information content (AvgIpc) is 2.64. The zero-order valence-corrected chi connectivity index (χ0v) is 17.0. The van der Waals surface area contributed by atoms with Crippen molar-refractivity contribution in [3.8, 4) is 0 Å². The molecule has 2 aromatic rings. The minimum absolute atomic E-state index is 0.0768. The van der Waals surface area contributed by atoms with Gasteiger partial charge in [0.05, 0.1) is 37.4 Å². The second kappa shape index (κ2) is 8.53. The van der Waals surface area contributed by atoms with E-state index in [0.717, 1.165) is 26.7 Å². The van der Waals surface area contributed by atoms with Crippen LogP contribution in [0.5, 0.6) is 0 Å². The highest BCUT2D eigenvalue weighted by Gasteiger charge is 2.31. The van der Waals surface area contributed by atoms with E-state index in [0.29, 0.717) is 38.4 Å². The van der Waals surface area contributed by atoms with Gasteiger partial charge in [-0.15, -0.1) is 0 Å². The normalized spacial score (nSPS) is 15.5. The number of hydrogen-bond donors (Lipinski definition) is 2. The van der Waals surface area contributed by atoms with Crippen LogP contribution in [0.1, 0.15) is 11.1 Å². The molecule has 0 bridgehead atoms. The summed E-state index contributed by atoms with van der Waals surface area (Å²) in [5, 5.41) is 2.91. The Morgan fingerprint density at radius 3 is 2.54 bits per heavy atom. The maximum Gasteiger partial charge on any atom is 0.416 e. The van der Waals surface area contributed by atoms with E-state index in [1.165, 1.54) is 12.1 Å². The third-order valence-electron chi connectivity index (χ3n) is 4.82. The van der Waals surface area contributed by atoms with Gasteiger partial charge in [0, 0.05) is 10.2 Å². The Bertz CT molecular complexity index is 849. The highest BCUT2D eigenvalue weighted by molar-refractivity contribution is 9.10. The summed E-state index contributed by atoms with van der Waals surface area (Å²) in [6.45, 7) is 4.91. The van der Waals surface area contributed by atoms with E-state index in [1.807, 2.05) is 30.0 Å². The number of aryl methyl sites for hydroxylation is 1. The van der Waals surface area contributed by atoms with E-state index in [4.69, 9.17) is 0 Å². The van der Waals surface area contributed by atoms with Crippen molar-refractivity contribution in [1.82, 2.24) is 0 Å². The summed E-state index contributed by atoms with van der Waals surface area (Å²) in [7, 11) is 0. The van der Waals surface area contributed by atoms with Crippen LogP contribution >= 0.6 is 15.9 Å². The SMILES string of the molecule is Cc1ccc(NC(=O)C[NH+]2CCN(c3cccc(C(F)(F)F)c3)CC2)c(Br)c1. The first-order valence-corrected chi connectivity index (χ1v) is 9.83. The summed E-state index contributed by atoms with van der Waals surface area (Å²) in [4.78, 5) is 15.4. The van der Waals surface area contributed by atoms with Crippen LogP contribution in [0.4, 0.5) is 24.5 Å². The van der Waals surface area contributed by atoms with E-state index < -0.39 is 11.7 Å². The molecule has 150 valence electrons. The molecule has 2 N–H and O–H groups in total. The molecule has 0 radical (unpaired) electrons. The molecule has 1 heterocycles. The Morgan fingerprint density at radius 2 is 1.89 bits per heavy atom. The van der Waals surface area contributed by atoms with E-state index in [2.05, 4.69) is 21.2 Å². The van der Waals surface area contributed by atoms with Crippen molar-refractivity contribution < 1.29 is 22.9 Å². The van der Waals surface area contributed by atoms with Gasteiger partial charge in [0.25, 0.3) is 5.91 Å². The van der Waals surface area contributed by atoms with Gasteiger partial charge in [-0.3, -0.25) is 4.79 Å². The van der Waals surface area contributed by atoms with Crippen molar-refractivity contribution in [2.45, 2.75) is 13.1 Å². The van der Waals surface area contributed by atoms with Crippen LogP contribution in [0, 0.1) is 6.92 Å². The van der Waals surface area contributed by atoms with Gasteiger partial charge in [0.2, 0.25) is 0 Å². The first kappa shape index (κ1) is 20.7. The molecule has 0 aromatic heterocycles. The lowest BCUT2D eigenvalue weighted by Crippen LogP contribution is -3.15. The maximum absolute atomic E-state index is 12.9. The van der Waals surface area contributed by atoms with E-state index in [1.54, 1.807) is 6.07 Å². The first-order chi connectivity index (χ1) is 13.2. The molecule has 1 fully saturated rings. The number of amides is 1. The minimum atomic E-state index is -4.34. The summed E-state index contributed by atoms with van der Waals surface area (Å²) in [6, 6.07) is 11.1. The molecule has 0 aliphatic carbocycles. The summed E-state index contributed by atoms with van der Waals surface area (Å²) in [5.74, 6) is -0.0768. The molecule has 0 saturated carbocycles. The van der Waals surface area contributed by atoms with E-state index >= 15 is 0 Å². The molecule has 1 aliphatic rings. The van der Waals surface area contributed by atoms with Crippen LogP contribution in [0.2, 0.25) is 0 Å². The quantitative estimate of drug-likeness (QED) is 0.741. The van der Waals surface area contributed by atoms with E-state index in [9.17, 15) is 18.0 Å².